The number of hydrogen-bond donors (Lipinski definition) is 5. The number of primary amides is 1. The zero-order chi connectivity index (χ0) is 49.1. The number of rotatable bonds is 19. The first-order valence-corrected chi connectivity index (χ1v) is 25.2. The van der Waals surface area contributed by atoms with Crippen LogP contribution in [0.15, 0.2) is 65.1 Å². The van der Waals surface area contributed by atoms with Crippen LogP contribution in [0.5, 0.6) is 0 Å². The van der Waals surface area contributed by atoms with Crippen molar-refractivity contribution in [3.63, 3.8) is 0 Å². The Morgan fingerprint density at radius 2 is 1.66 bits per heavy atom. The van der Waals surface area contributed by atoms with Crippen LogP contribution in [0.3, 0.4) is 0 Å². The molecule has 6 rings (SSSR count). The van der Waals surface area contributed by atoms with Crippen molar-refractivity contribution in [3.05, 3.63) is 93.6 Å². The summed E-state index contributed by atoms with van der Waals surface area (Å²) in [5, 5.41) is 40.4. The lowest BCUT2D eigenvalue weighted by atomic mass is 9.85. The number of aliphatic hydroxyl groups is 1. The van der Waals surface area contributed by atoms with E-state index in [0.29, 0.717) is 59.0 Å². The van der Waals surface area contributed by atoms with Crippen molar-refractivity contribution in [1.82, 2.24) is 30.8 Å². The topological polar surface area (TPSA) is 230 Å². The van der Waals surface area contributed by atoms with Gasteiger partial charge in [-0.25, -0.2) is 9.97 Å². The normalized spacial score (nSPS) is 17.7. The minimum Gasteiger partial charge on any atom is -0.391 e. The van der Waals surface area contributed by atoms with E-state index in [4.69, 9.17) is 10.7 Å². The van der Waals surface area contributed by atoms with Gasteiger partial charge in [-0.2, -0.15) is 10.5 Å². The number of aliphatic hydroxyl groups excluding tert-OH is 1. The van der Waals surface area contributed by atoms with Crippen LogP contribution in [0.4, 0.5) is 5.82 Å². The predicted molar refractivity (Wildman–Crippen MR) is 265 cm³/mol. The number of piperidine rings is 1. The van der Waals surface area contributed by atoms with Gasteiger partial charge in [0.2, 0.25) is 23.6 Å². The Hall–Kier alpha value is -5.85. The molecule has 4 aromatic rings. The molecule has 17 heteroatoms. The van der Waals surface area contributed by atoms with Crippen molar-refractivity contribution < 1.29 is 24.3 Å². The maximum atomic E-state index is 14.2. The molecule has 2 aromatic heterocycles. The second-order valence-corrected chi connectivity index (χ2v) is 20.7. The molecule has 15 nitrogen and oxygen atoms in total. The number of thioether (sulfide) groups is 1. The second-order valence-electron chi connectivity index (χ2n) is 18.8. The molecule has 4 heterocycles. The number of nitriles is 2. The average molecular weight is 961 g/mol. The number of nitrogens with two attached hydrogens (primary N) is 1. The number of nitrogens with one attached hydrogen (secondary N) is 3. The first kappa shape index (κ1) is 51.5. The number of nitrogens with zero attached hydrogens (tertiary/aromatic N) is 6. The SMILES string of the molecule is CCc1c(C#N)c(SC(C(N)=O)c2ccccc2)nc(N2CCC(NCCCCCC(=O)N[C@H](C(=O)N3C[C@H](O)C[C@H]3C(=O)N[C@@H](C)c3ccc(-c4scnc4C)cc3)C(C)(C)C)CC2)c1C#N. The lowest BCUT2D eigenvalue weighted by Crippen LogP contribution is -2.57. The number of thiazole rings is 1. The quantitative estimate of drug-likeness (QED) is 0.0493. The fourth-order valence-electron chi connectivity index (χ4n) is 8.96. The van der Waals surface area contributed by atoms with Gasteiger partial charge in [0.05, 0.1) is 39.4 Å². The van der Waals surface area contributed by atoms with E-state index in [-0.39, 0.29) is 43.3 Å². The lowest BCUT2D eigenvalue weighted by Gasteiger charge is -2.35. The van der Waals surface area contributed by atoms with E-state index in [1.165, 1.54) is 4.90 Å². The molecule has 2 fully saturated rings. The molecule has 4 amide bonds. The van der Waals surface area contributed by atoms with Gasteiger partial charge in [-0.3, -0.25) is 19.2 Å². The fourth-order valence-corrected chi connectivity index (χ4v) is 10.8. The average Bonchev–Trinajstić information content (AvgIpc) is 3.95. The number of carbonyl (C=O) groups excluding carboxylic acids is 4. The van der Waals surface area contributed by atoms with Gasteiger partial charge in [0, 0.05) is 38.5 Å². The Morgan fingerprint density at radius 3 is 2.26 bits per heavy atom. The van der Waals surface area contributed by atoms with Gasteiger partial charge >= 0.3 is 0 Å². The molecule has 0 spiro atoms. The third-order valence-corrected chi connectivity index (χ3v) is 15.0. The third kappa shape index (κ3) is 12.6. The molecular formula is C51H64N10O5S2. The van der Waals surface area contributed by atoms with Crippen LogP contribution in [-0.2, 0) is 25.6 Å². The lowest BCUT2D eigenvalue weighted by molar-refractivity contribution is -0.144. The van der Waals surface area contributed by atoms with Gasteiger partial charge in [-0.15, -0.1) is 11.3 Å². The van der Waals surface area contributed by atoms with Gasteiger partial charge in [0.25, 0.3) is 0 Å². The van der Waals surface area contributed by atoms with Crippen molar-refractivity contribution in [3.8, 4) is 22.6 Å². The van der Waals surface area contributed by atoms with Crippen LogP contribution in [0.2, 0.25) is 0 Å². The van der Waals surface area contributed by atoms with Crippen LogP contribution < -0.4 is 26.6 Å². The van der Waals surface area contributed by atoms with Crippen molar-refractivity contribution >= 4 is 52.5 Å². The van der Waals surface area contributed by atoms with Gasteiger partial charge in [-0.05, 0) is 80.2 Å². The van der Waals surface area contributed by atoms with Crippen molar-refractivity contribution in [2.75, 3.05) is 31.1 Å². The minimum atomic E-state index is -0.896. The van der Waals surface area contributed by atoms with Crippen LogP contribution in [0.1, 0.15) is 124 Å². The fraction of sp³-hybridized carbons (Fsp3) is 0.490. The molecule has 0 radical (unpaired) electrons. The molecule has 6 N–H and O–H groups in total. The minimum absolute atomic E-state index is 0.00374. The Labute approximate surface area is 408 Å². The van der Waals surface area contributed by atoms with Crippen LogP contribution in [0.25, 0.3) is 10.4 Å². The number of β-amino-alcohol motifs (C(OH)–C–C–N with tert-alkyl or cyclic N) is 1. The Morgan fingerprint density at radius 1 is 0.971 bits per heavy atom. The molecule has 2 aromatic carbocycles. The van der Waals surface area contributed by atoms with Crippen molar-refractivity contribution in [2.24, 2.45) is 11.1 Å². The summed E-state index contributed by atoms with van der Waals surface area (Å²) in [7, 11) is 0. The molecular weight excluding hydrogens is 897 g/mol. The number of likely N-dealkylation sites (tertiary alicyclic amines) is 1. The summed E-state index contributed by atoms with van der Waals surface area (Å²) in [5.41, 5.74) is 11.9. The van der Waals surface area contributed by atoms with Gasteiger partial charge in [0.1, 0.15) is 40.3 Å². The standard InChI is InChI=1S/C51H64N10O5S2/c1-7-38-39(27-52)47(59-49(40(38)28-53)68-44(46(54)64)34-14-10-8-11-15-34)60-24-21-36(22-25-60)55-23-13-9-12-16-42(63)58-45(51(4,5)6)50(66)61-29-37(62)26-41(61)48(65)57-31(2)33-17-19-35(20-18-33)43-32(3)56-30-67-43/h8,10-11,14-15,17-20,30-31,36-37,41,44-45,55,62H,7,9,12-13,16,21-26,29H2,1-6H3,(H2,54,64)(H,57,65)(H,58,63)/t31-,37+,41-,44?,45+/m0/s1. The van der Waals surface area contributed by atoms with E-state index in [1.807, 2.05) is 102 Å². The zero-order valence-electron chi connectivity index (χ0n) is 39.9. The largest absolute Gasteiger partial charge is 0.391 e. The maximum Gasteiger partial charge on any atom is 0.246 e. The Bertz CT molecular complexity index is 2490. The maximum absolute atomic E-state index is 14.2. The molecule has 2 saturated heterocycles. The Balaban J connectivity index is 0.963. The number of unbranched alkanes of at least 4 members (excludes halogenated alkanes) is 2. The summed E-state index contributed by atoms with van der Waals surface area (Å²) >= 11 is 2.71. The van der Waals surface area contributed by atoms with Crippen LogP contribution >= 0.6 is 23.1 Å². The summed E-state index contributed by atoms with van der Waals surface area (Å²) in [6.45, 7) is 13.5. The van der Waals surface area contributed by atoms with E-state index in [9.17, 15) is 34.8 Å². The van der Waals surface area contributed by atoms with Gasteiger partial charge < -0.3 is 36.6 Å². The smallest absolute Gasteiger partial charge is 0.246 e. The molecule has 68 heavy (non-hydrogen) atoms. The van der Waals surface area contributed by atoms with E-state index in [1.54, 1.807) is 11.3 Å². The number of pyridine rings is 1. The van der Waals surface area contributed by atoms with Crippen molar-refractivity contribution in [1.29, 1.82) is 10.5 Å². The van der Waals surface area contributed by atoms with Crippen LogP contribution in [0, 0.1) is 35.0 Å². The number of amides is 4. The number of aromatic nitrogens is 2. The molecule has 0 saturated carbocycles. The highest BCUT2D eigenvalue weighted by atomic mass is 32.2. The third-order valence-electron chi connectivity index (χ3n) is 12.8. The van der Waals surface area contributed by atoms with Gasteiger partial charge in [-0.1, -0.05) is 100 Å². The summed E-state index contributed by atoms with van der Waals surface area (Å²) in [6, 6.07) is 19.8. The summed E-state index contributed by atoms with van der Waals surface area (Å²) in [5.74, 6) is -1.01. The van der Waals surface area contributed by atoms with Gasteiger partial charge in [0.15, 0.2) is 0 Å². The number of aryl methyl sites for hydroxylation is 1. The van der Waals surface area contributed by atoms with E-state index in [0.717, 1.165) is 65.7 Å². The van der Waals surface area contributed by atoms with E-state index in [2.05, 4.69) is 38.0 Å². The highest BCUT2D eigenvalue weighted by Gasteiger charge is 2.44. The second kappa shape index (κ2) is 23.4. The predicted octanol–water partition coefficient (Wildman–Crippen LogP) is 6.63. The molecule has 2 aliphatic heterocycles. The summed E-state index contributed by atoms with van der Waals surface area (Å²) in [4.78, 5) is 67.6. The summed E-state index contributed by atoms with van der Waals surface area (Å²) in [6.07, 6.45) is 3.85. The number of carbonyl (C=O) groups is 4. The molecule has 2 aliphatic rings. The molecule has 0 aliphatic carbocycles. The monoisotopic (exact) mass is 960 g/mol. The van der Waals surface area contributed by atoms with E-state index >= 15 is 0 Å². The zero-order valence-corrected chi connectivity index (χ0v) is 41.5. The number of anilines is 1. The van der Waals surface area contributed by atoms with E-state index < -0.39 is 40.7 Å². The first-order chi connectivity index (χ1) is 32.5. The van der Waals surface area contributed by atoms with Crippen molar-refractivity contribution in [2.45, 2.75) is 133 Å². The highest BCUT2D eigenvalue weighted by Crippen LogP contribution is 2.40. The molecule has 5 atom stereocenters. The number of hydrogen-bond acceptors (Lipinski definition) is 13. The molecule has 1 unspecified atom stereocenters. The van der Waals surface area contributed by atoms with Crippen LogP contribution in [-0.4, -0.2) is 94.0 Å². The number of benzene rings is 2. The Kier molecular flexibility index (Phi) is 17.8. The first-order valence-electron chi connectivity index (χ1n) is 23.5. The summed E-state index contributed by atoms with van der Waals surface area (Å²) < 4.78 is 0. The molecule has 360 valence electrons. The molecule has 0 bridgehead atoms. The highest BCUT2D eigenvalue weighted by molar-refractivity contribution is 8.00.